The molecular formula is C19H24N2O5S. The molecule has 2 N–H and O–H groups in total. The maximum atomic E-state index is 12.6. The highest BCUT2D eigenvalue weighted by Gasteiger charge is 2.65. The fourth-order valence-electron chi connectivity index (χ4n) is 4.44. The molecule has 27 heavy (non-hydrogen) atoms. The van der Waals surface area contributed by atoms with Crippen LogP contribution in [0, 0.1) is 28.1 Å². The third-order valence-corrected chi connectivity index (χ3v) is 7.47. The Hall–Kier alpha value is -2.08. The highest BCUT2D eigenvalue weighted by molar-refractivity contribution is 8.20. The number of fused-ring (bicyclic) bond motifs is 2. The van der Waals surface area contributed by atoms with Crippen molar-refractivity contribution in [1.29, 1.82) is 5.26 Å². The quantitative estimate of drug-likeness (QED) is 0.559. The van der Waals surface area contributed by atoms with Gasteiger partial charge in [0.05, 0.1) is 12.9 Å². The molecular weight excluding hydrogens is 368 g/mol. The van der Waals surface area contributed by atoms with Crippen molar-refractivity contribution in [3.63, 3.8) is 0 Å². The molecule has 1 aromatic rings. The number of nitrogens with zero attached hydrogens (tertiary/aromatic N) is 2. The number of ether oxygens (including phenoxy) is 1. The molecule has 0 aliphatic heterocycles. The molecule has 0 aromatic heterocycles. The number of Topliss-reactive ketones (excluding diaryl/α,β-unsaturated/α-hetero) is 1. The van der Waals surface area contributed by atoms with Gasteiger partial charge in [0.2, 0.25) is 0 Å². The van der Waals surface area contributed by atoms with Crippen LogP contribution in [-0.2, 0) is 9.08 Å². The van der Waals surface area contributed by atoms with Crippen molar-refractivity contribution in [2.24, 2.45) is 21.9 Å². The smallest absolute Gasteiger partial charge is 0.188 e. The zero-order chi connectivity index (χ0) is 19.9. The summed E-state index contributed by atoms with van der Waals surface area (Å²) in [4.78, 5) is 12.6. The van der Waals surface area contributed by atoms with Gasteiger partial charge in [-0.1, -0.05) is 19.0 Å². The number of oxime groups is 1. The minimum atomic E-state index is -3.62. The molecule has 8 heteroatoms. The van der Waals surface area contributed by atoms with Crippen molar-refractivity contribution < 1.29 is 22.9 Å². The Kier molecular flexibility index (Phi) is 4.97. The summed E-state index contributed by atoms with van der Waals surface area (Å²) in [7, 11) is -2.09. The highest BCUT2D eigenvalue weighted by Crippen LogP contribution is 2.67. The lowest BCUT2D eigenvalue weighted by atomic mass is 9.70. The highest BCUT2D eigenvalue weighted by atomic mass is 32.3. The van der Waals surface area contributed by atoms with Crippen LogP contribution in [0.25, 0.3) is 0 Å². The van der Waals surface area contributed by atoms with Gasteiger partial charge in [0, 0.05) is 17.4 Å². The Bertz CT molecular complexity index is 812. The van der Waals surface area contributed by atoms with Crippen molar-refractivity contribution in [2.75, 3.05) is 12.9 Å². The summed E-state index contributed by atoms with van der Waals surface area (Å²) < 4.78 is 31.0. The Morgan fingerprint density at radius 1 is 1.37 bits per heavy atom. The molecule has 0 heterocycles. The van der Waals surface area contributed by atoms with Gasteiger partial charge < -0.3 is 4.74 Å². The molecule has 2 unspecified atom stereocenters. The van der Waals surface area contributed by atoms with Crippen LogP contribution in [0.2, 0.25) is 0 Å². The summed E-state index contributed by atoms with van der Waals surface area (Å²) in [5, 5.41) is 13.0. The van der Waals surface area contributed by atoms with Gasteiger partial charge in [0.15, 0.2) is 16.6 Å². The van der Waals surface area contributed by atoms with Gasteiger partial charge in [-0.3, -0.25) is 18.2 Å². The zero-order valence-electron chi connectivity index (χ0n) is 15.6. The van der Waals surface area contributed by atoms with E-state index in [1.165, 1.54) is 7.11 Å². The third kappa shape index (κ3) is 3.31. The van der Waals surface area contributed by atoms with Crippen molar-refractivity contribution in [3.8, 4) is 11.8 Å². The van der Waals surface area contributed by atoms with Crippen molar-refractivity contribution in [1.82, 2.24) is 0 Å². The van der Waals surface area contributed by atoms with Gasteiger partial charge in [-0.05, 0) is 48.4 Å². The van der Waals surface area contributed by atoms with Gasteiger partial charge in [-0.25, -0.2) is 0 Å². The van der Waals surface area contributed by atoms with Crippen LogP contribution in [0.5, 0.6) is 5.75 Å². The SMILES string of the molecule is COc1ccc(/C(C#N)=N/OS(O)(O)CC23CCC(CC2=O)C3(C)C)cc1. The lowest BCUT2D eigenvalue weighted by Crippen LogP contribution is -2.41. The normalized spacial score (nSPS) is 27.3. The van der Waals surface area contributed by atoms with Gasteiger partial charge in [0.25, 0.3) is 0 Å². The van der Waals surface area contributed by atoms with E-state index >= 15 is 0 Å². The van der Waals surface area contributed by atoms with E-state index in [1.54, 1.807) is 24.3 Å². The first-order chi connectivity index (χ1) is 12.6. The molecule has 0 saturated heterocycles. The number of carbonyl (C=O) groups excluding carboxylic acids is 1. The first kappa shape index (κ1) is 19.7. The fourth-order valence-corrected chi connectivity index (χ4v) is 6.00. The molecule has 0 radical (unpaired) electrons. The van der Waals surface area contributed by atoms with E-state index in [0.29, 0.717) is 24.2 Å². The summed E-state index contributed by atoms with van der Waals surface area (Å²) in [5.74, 6) is 0.760. The molecule has 2 aliphatic carbocycles. The van der Waals surface area contributed by atoms with E-state index in [1.807, 2.05) is 19.9 Å². The molecule has 0 spiro atoms. The van der Waals surface area contributed by atoms with Crippen LogP contribution in [-0.4, -0.2) is 33.5 Å². The predicted octanol–water partition coefficient (Wildman–Crippen LogP) is 4.00. The van der Waals surface area contributed by atoms with Crippen LogP contribution in [0.1, 0.15) is 38.7 Å². The average molecular weight is 392 g/mol. The molecule has 7 nitrogen and oxygen atoms in total. The van der Waals surface area contributed by atoms with Gasteiger partial charge in [0.1, 0.15) is 17.6 Å². The lowest BCUT2D eigenvalue weighted by Gasteiger charge is -2.40. The molecule has 2 fully saturated rings. The molecule has 2 saturated carbocycles. The molecule has 2 bridgehead atoms. The summed E-state index contributed by atoms with van der Waals surface area (Å²) in [6.45, 7) is 4.01. The predicted molar refractivity (Wildman–Crippen MR) is 103 cm³/mol. The topological polar surface area (TPSA) is 112 Å². The number of carbonyl (C=O) groups is 1. The Morgan fingerprint density at radius 2 is 2.04 bits per heavy atom. The number of rotatable bonds is 6. The van der Waals surface area contributed by atoms with Crippen LogP contribution < -0.4 is 4.74 Å². The molecule has 3 rings (SSSR count). The Morgan fingerprint density at radius 3 is 2.52 bits per heavy atom. The largest absolute Gasteiger partial charge is 0.497 e. The monoisotopic (exact) mass is 392 g/mol. The Balaban J connectivity index is 1.78. The zero-order valence-corrected chi connectivity index (χ0v) is 16.5. The van der Waals surface area contributed by atoms with Crippen molar-refractivity contribution >= 4 is 22.4 Å². The van der Waals surface area contributed by atoms with E-state index in [-0.39, 0.29) is 28.6 Å². The molecule has 2 atom stereocenters. The van der Waals surface area contributed by atoms with E-state index in [9.17, 15) is 19.2 Å². The number of ketones is 1. The van der Waals surface area contributed by atoms with E-state index in [4.69, 9.17) is 9.02 Å². The summed E-state index contributed by atoms with van der Waals surface area (Å²) >= 11 is 0. The van der Waals surface area contributed by atoms with Gasteiger partial charge >= 0.3 is 0 Å². The van der Waals surface area contributed by atoms with Crippen LogP contribution in [0.15, 0.2) is 29.4 Å². The summed E-state index contributed by atoms with van der Waals surface area (Å²) in [6.07, 6.45) is 1.99. The average Bonchev–Trinajstić information content (AvgIpc) is 2.96. The van der Waals surface area contributed by atoms with Gasteiger partial charge in [-0.2, -0.15) is 5.26 Å². The van der Waals surface area contributed by atoms with E-state index < -0.39 is 16.3 Å². The van der Waals surface area contributed by atoms with Crippen molar-refractivity contribution in [2.45, 2.75) is 33.1 Å². The lowest BCUT2D eigenvalue weighted by molar-refractivity contribution is -0.128. The van der Waals surface area contributed by atoms with Crippen LogP contribution in [0.4, 0.5) is 0 Å². The molecule has 146 valence electrons. The van der Waals surface area contributed by atoms with Crippen LogP contribution >= 0.6 is 10.9 Å². The number of hydrogen-bond donors (Lipinski definition) is 2. The summed E-state index contributed by atoms with van der Waals surface area (Å²) in [6, 6.07) is 8.47. The second-order valence-electron chi connectivity index (χ2n) is 7.77. The number of nitriles is 1. The van der Waals surface area contributed by atoms with E-state index in [2.05, 4.69) is 5.16 Å². The maximum Gasteiger partial charge on any atom is 0.188 e. The number of benzene rings is 1. The minimum absolute atomic E-state index is 0.0620. The standard InChI is InChI=1S/C19H24N2O5S/c1-18(2)14-8-9-19(18,17(22)10-14)12-27(23,24)26-21-16(11-20)13-4-6-15(25-3)7-5-13/h4-7,14,23-24H,8-10,12H2,1-3H3/b21-16+. The minimum Gasteiger partial charge on any atom is -0.497 e. The van der Waals surface area contributed by atoms with E-state index in [0.717, 1.165) is 6.42 Å². The number of hydrogen-bond acceptors (Lipinski definition) is 7. The second kappa shape index (κ2) is 6.82. The molecule has 2 aliphatic rings. The Labute approximate surface area is 160 Å². The first-order valence-electron chi connectivity index (χ1n) is 8.75. The molecule has 1 aromatic carbocycles. The molecule has 0 amide bonds. The third-order valence-electron chi connectivity index (χ3n) is 6.29. The fraction of sp³-hybridized carbons (Fsp3) is 0.526. The summed E-state index contributed by atoms with van der Waals surface area (Å²) in [5.41, 5.74) is -0.741. The first-order valence-corrected chi connectivity index (χ1v) is 10.4. The van der Waals surface area contributed by atoms with Crippen LogP contribution in [0.3, 0.4) is 0 Å². The maximum absolute atomic E-state index is 12.6. The second-order valence-corrected chi connectivity index (χ2v) is 9.42. The van der Waals surface area contributed by atoms with Gasteiger partial charge in [-0.15, -0.1) is 0 Å². The van der Waals surface area contributed by atoms with Crippen molar-refractivity contribution in [3.05, 3.63) is 29.8 Å². The number of methoxy groups -OCH3 is 1.